The number of hydrogen-bond acceptors (Lipinski definition) is 6. The number of nitro groups is 1. The molecule has 0 bridgehead atoms. The number of carbonyl (C=O) groups excluding carboxylic acids is 2. The van der Waals surface area contributed by atoms with Gasteiger partial charge in [-0.2, -0.15) is 13.2 Å². The number of halogens is 3. The van der Waals surface area contributed by atoms with Crippen molar-refractivity contribution in [2.45, 2.75) is 13.1 Å². The lowest BCUT2D eigenvalue weighted by molar-refractivity contribution is -0.383. The summed E-state index contributed by atoms with van der Waals surface area (Å²) in [5.41, 5.74) is 2.14. The van der Waals surface area contributed by atoms with Gasteiger partial charge in [0.1, 0.15) is 11.1 Å². The Morgan fingerprint density at radius 3 is 2.37 bits per heavy atom. The van der Waals surface area contributed by atoms with Gasteiger partial charge in [0.15, 0.2) is 0 Å². The van der Waals surface area contributed by atoms with E-state index in [0.717, 1.165) is 0 Å². The Hall–Kier alpha value is -3.89. The van der Waals surface area contributed by atoms with Crippen LogP contribution in [0.1, 0.15) is 28.5 Å². The van der Waals surface area contributed by atoms with Gasteiger partial charge in [-0.25, -0.2) is 9.36 Å². The third-order valence-electron chi connectivity index (χ3n) is 4.31. The van der Waals surface area contributed by atoms with Crippen molar-refractivity contribution >= 4 is 34.2 Å². The van der Waals surface area contributed by atoms with E-state index < -0.39 is 56.5 Å². The second-order valence-electron chi connectivity index (χ2n) is 6.14. The van der Waals surface area contributed by atoms with Gasteiger partial charge in [-0.3, -0.25) is 14.9 Å². The predicted molar refractivity (Wildman–Crippen MR) is 100 cm³/mol. The van der Waals surface area contributed by atoms with Gasteiger partial charge in [0.05, 0.1) is 28.3 Å². The van der Waals surface area contributed by atoms with Crippen LogP contribution < -0.4 is 5.73 Å². The number of nitro benzene ring substituents is 1. The largest absolute Gasteiger partial charge is 0.449 e. The van der Waals surface area contributed by atoms with Crippen molar-refractivity contribution in [2.75, 3.05) is 12.3 Å². The zero-order valence-corrected chi connectivity index (χ0v) is 15.4. The smallest absolute Gasteiger partial charge is 0.419 e. The van der Waals surface area contributed by atoms with Crippen LogP contribution in [0.25, 0.3) is 10.9 Å². The van der Waals surface area contributed by atoms with Crippen LogP contribution >= 0.6 is 0 Å². The van der Waals surface area contributed by atoms with E-state index >= 15 is 0 Å². The fourth-order valence-corrected chi connectivity index (χ4v) is 3.06. The Kier molecular flexibility index (Phi) is 5.21. The molecule has 2 N–H and O–H groups in total. The Morgan fingerprint density at radius 2 is 1.83 bits per heavy atom. The summed E-state index contributed by atoms with van der Waals surface area (Å²) >= 11 is 0. The Labute approximate surface area is 166 Å². The molecule has 8 nitrogen and oxygen atoms in total. The molecule has 0 spiro atoms. The van der Waals surface area contributed by atoms with Gasteiger partial charge < -0.3 is 10.5 Å². The van der Waals surface area contributed by atoms with E-state index in [-0.39, 0.29) is 12.2 Å². The highest BCUT2D eigenvalue weighted by Crippen LogP contribution is 2.41. The number of non-ortho nitro benzene ring substituents is 1. The number of nitrogens with zero attached hydrogens (tertiary/aromatic N) is 2. The van der Waals surface area contributed by atoms with E-state index in [1.54, 1.807) is 6.07 Å². The monoisotopic (exact) mass is 421 g/mol. The quantitative estimate of drug-likeness (QED) is 0.379. The summed E-state index contributed by atoms with van der Waals surface area (Å²) in [5, 5.41) is 11.0. The highest BCUT2D eigenvalue weighted by atomic mass is 19.4. The van der Waals surface area contributed by atoms with Gasteiger partial charge in [-0.05, 0) is 13.0 Å². The second kappa shape index (κ2) is 7.50. The molecule has 0 atom stereocenters. The first-order valence-corrected chi connectivity index (χ1v) is 8.54. The zero-order chi connectivity index (χ0) is 22.2. The molecule has 3 rings (SSSR count). The maximum Gasteiger partial charge on any atom is 0.419 e. The SMILES string of the molecule is CCOC(=O)n1c(C(=O)c2ccccc2)c(N)c2c([N+](=O)[O-])cc(C(F)(F)F)cc21. The minimum Gasteiger partial charge on any atom is -0.449 e. The standard InChI is InChI=1S/C19H14F3N3O5/c1-2-30-18(27)24-12-8-11(19(20,21)22)9-13(25(28)29)14(12)15(23)16(24)17(26)10-6-4-3-5-7-10/h3-9H,2,23H2,1H3. The molecule has 0 saturated carbocycles. The van der Waals surface area contributed by atoms with Crippen LogP contribution in [-0.4, -0.2) is 28.0 Å². The molecular formula is C19H14F3N3O5. The van der Waals surface area contributed by atoms with Gasteiger partial charge >= 0.3 is 12.3 Å². The molecule has 0 aliphatic heterocycles. The van der Waals surface area contributed by atoms with Crippen molar-refractivity contribution in [3.63, 3.8) is 0 Å². The number of rotatable bonds is 4. The average molecular weight is 421 g/mol. The third kappa shape index (κ3) is 3.45. The van der Waals surface area contributed by atoms with E-state index in [1.165, 1.54) is 31.2 Å². The first-order valence-electron chi connectivity index (χ1n) is 8.54. The topological polar surface area (TPSA) is 117 Å². The summed E-state index contributed by atoms with van der Waals surface area (Å²) < 4.78 is 45.4. The molecule has 0 saturated heterocycles. The van der Waals surface area contributed by atoms with Gasteiger partial charge in [0.2, 0.25) is 5.78 Å². The summed E-state index contributed by atoms with van der Waals surface area (Å²) in [4.78, 5) is 36.0. The fraction of sp³-hybridized carbons (Fsp3) is 0.158. The van der Waals surface area contributed by atoms with Gasteiger partial charge in [-0.1, -0.05) is 30.3 Å². The number of hydrogen-bond donors (Lipinski definition) is 1. The summed E-state index contributed by atoms with van der Waals surface area (Å²) in [6.45, 7) is 1.30. The number of ketones is 1. The molecule has 0 aliphatic rings. The van der Waals surface area contributed by atoms with Crippen LogP contribution in [0.4, 0.5) is 29.3 Å². The maximum absolute atomic E-state index is 13.3. The Morgan fingerprint density at radius 1 is 1.20 bits per heavy atom. The highest BCUT2D eigenvalue weighted by Gasteiger charge is 2.37. The minimum absolute atomic E-state index is 0.0799. The zero-order valence-electron chi connectivity index (χ0n) is 15.4. The number of aromatic nitrogens is 1. The number of nitrogens with two attached hydrogens (primary N) is 1. The van der Waals surface area contributed by atoms with Crippen LogP contribution in [0.5, 0.6) is 0 Å². The second-order valence-corrected chi connectivity index (χ2v) is 6.14. The van der Waals surface area contributed by atoms with Crippen molar-refractivity contribution in [1.29, 1.82) is 0 Å². The highest BCUT2D eigenvalue weighted by molar-refractivity contribution is 6.20. The van der Waals surface area contributed by atoms with Gasteiger partial charge in [0, 0.05) is 11.6 Å². The number of carbonyl (C=O) groups is 2. The van der Waals surface area contributed by atoms with Crippen molar-refractivity contribution in [1.82, 2.24) is 4.57 Å². The Bertz CT molecular complexity index is 1170. The number of benzene rings is 2. The molecule has 156 valence electrons. The minimum atomic E-state index is -4.94. The molecule has 30 heavy (non-hydrogen) atoms. The van der Waals surface area contributed by atoms with E-state index in [2.05, 4.69) is 0 Å². The predicted octanol–water partition coefficient (Wildman–Crippen LogP) is 4.39. The van der Waals surface area contributed by atoms with Crippen LogP contribution in [0.2, 0.25) is 0 Å². The molecule has 1 aromatic heterocycles. The lowest BCUT2D eigenvalue weighted by Crippen LogP contribution is -2.20. The molecule has 1 heterocycles. The van der Waals surface area contributed by atoms with Crippen molar-refractivity contribution < 1.29 is 32.4 Å². The van der Waals surface area contributed by atoms with E-state index in [0.29, 0.717) is 16.7 Å². The molecule has 0 radical (unpaired) electrons. The maximum atomic E-state index is 13.3. The molecule has 0 fully saturated rings. The van der Waals surface area contributed by atoms with Gasteiger partial charge in [0.25, 0.3) is 5.69 Å². The number of fused-ring (bicyclic) bond motifs is 1. The molecular weight excluding hydrogens is 407 g/mol. The van der Waals surface area contributed by atoms with Crippen LogP contribution in [0.15, 0.2) is 42.5 Å². The third-order valence-corrected chi connectivity index (χ3v) is 4.31. The number of alkyl halides is 3. The molecule has 0 unspecified atom stereocenters. The molecule has 2 aromatic carbocycles. The van der Waals surface area contributed by atoms with Crippen LogP contribution in [-0.2, 0) is 10.9 Å². The van der Waals surface area contributed by atoms with Crippen molar-refractivity contribution in [3.8, 4) is 0 Å². The van der Waals surface area contributed by atoms with Crippen molar-refractivity contribution in [3.05, 3.63) is 69.4 Å². The lowest BCUT2D eigenvalue weighted by Gasteiger charge is -2.10. The molecule has 11 heteroatoms. The lowest BCUT2D eigenvalue weighted by atomic mass is 10.1. The molecule has 3 aromatic rings. The number of ether oxygens (including phenoxy) is 1. The van der Waals surface area contributed by atoms with Crippen LogP contribution in [0.3, 0.4) is 0 Å². The summed E-state index contributed by atoms with van der Waals surface area (Å²) in [5.74, 6) is -0.805. The number of anilines is 1. The fourth-order valence-electron chi connectivity index (χ4n) is 3.06. The molecule has 0 amide bonds. The van der Waals surface area contributed by atoms with E-state index in [1.807, 2.05) is 0 Å². The Balaban J connectivity index is 2.46. The van der Waals surface area contributed by atoms with Crippen molar-refractivity contribution in [2.24, 2.45) is 0 Å². The van der Waals surface area contributed by atoms with Gasteiger partial charge in [-0.15, -0.1) is 0 Å². The summed E-state index contributed by atoms with van der Waals surface area (Å²) in [6.07, 6.45) is -6.13. The van der Waals surface area contributed by atoms with E-state index in [9.17, 15) is 32.9 Å². The first-order chi connectivity index (χ1) is 14.1. The normalized spacial score (nSPS) is 11.5. The van der Waals surface area contributed by atoms with Crippen LogP contribution in [0, 0.1) is 10.1 Å². The molecule has 0 aliphatic carbocycles. The number of nitrogen functional groups attached to an aromatic ring is 1. The summed E-state index contributed by atoms with van der Waals surface area (Å²) in [7, 11) is 0. The van der Waals surface area contributed by atoms with E-state index in [4.69, 9.17) is 10.5 Å². The average Bonchev–Trinajstić information content (AvgIpc) is 2.99. The summed E-state index contributed by atoms with van der Waals surface area (Å²) in [6, 6.07) is 8.34. The first kappa shape index (κ1) is 20.8.